The Balaban J connectivity index is 1.61. The van der Waals surface area contributed by atoms with E-state index in [1.807, 2.05) is 38.1 Å². The van der Waals surface area contributed by atoms with Gasteiger partial charge in [-0.3, -0.25) is 4.79 Å². The quantitative estimate of drug-likeness (QED) is 0.399. The molecule has 0 saturated heterocycles. The summed E-state index contributed by atoms with van der Waals surface area (Å²) in [6, 6.07) is 11.7. The van der Waals surface area contributed by atoms with Gasteiger partial charge in [-0.1, -0.05) is 12.1 Å². The molecule has 1 N–H and O–H groups in total. The molecule has 0 saturated carbocycles. The van der Waals surface area contributed by atoms with Crippen LogP contribution in [0.1, 0.15) is 56.2 Å². The molecule has 0 spiro atoms. The fourth-order valence-corrected chi connectivity index (χ4v) is 5.84. The molecule has 7 heteroatoms. The molecular weight excluding hydrogens is 460 g/mol. The van der Waals surface area contributed by atoms with Crippen molar-refractivity contribution < 1.29 is 4.79 Å². The normalized spacial score (nSPS) is 13.3. The number of carbonyl (C=O) groups excluding carboxylic acids is 1. The molecule has 0 fully saturated rings. The van der Waals surface area contributed by atoms with Gasteiger partial charge < -0.3 is 4.57 Å². The van der Waals surface area contributed by atoms with E-state index in [1.165, 1.54) is 16.9 Å². The third-order valence-corrected chi connectivity index (χ3v) is 7.39. The number of nitriles is 1. The monoisotopic (exact) mass is 480 g/mol. The average molecular weight is 481 g/mol. The van der Waals surface area contributed by atoms with Crippen molar-refractivity contribution in [2.75, 3.05) is 0 Å². The summed E-state index contributed by atoms with van der Waals surface area (Å²) in [6.45, 7) is 4.05. The summed E-state index contributed by atoms with van der Waals surface area (Å²) in [7, 11) is 0. The van der Waals surface area contributed by atoms with Gasteiger partial charge in [0, 0.05) is 26.3 Å². The highest BCUT2D eigenvalue weighted by Crippen LogP contribution is 2.38. The lowest BCUT2D eigenvalue weighted by Gasteiger charge is -2.10. The van der Waals surface area contributed by atoms with Gasteiger partial charge in [-0.2, -0.15) is 10.4 Å². The van der Waals surface area contributed by atoms with Crippen LogP contribution < -0.4 is 5.43 Å². The molecule has 0 radical (unpaired) electrons. The molecule has 2 heterocycles. The Labute approximate surface area is 188 Å². The third kappa shape index (κ3) is 3.73. The Kier molecular flexibility index (Phi) is 5.89. The van der Waals surface area contributed by atoms with Crippen molar-refractivity contribution in [2.24, 2.45) is 5.10 Å². The number of nitrogens with zero attached hydrogens (tertiary/aromatic N) is 3. The summed E-state index contributed by atoms with van der Waals surface area (Å²) in [5, 5.41) is 15.0. The Morgan fingerprint density at radius 1 is 1.30 bits per heavy atom. The van der Waals surface area contributed by atoms with Crippen molar-refractivity contribution in [2.45, 2.75) is 39.5 Å². The van der Waals surface area contributed by atoms with Crippen LogP contribution in [0.5, 0.6) is 0 Å². The highest BCUT2D eigenvalue weighted by atomic mass is 79.9. The molecule has 1 aliphatic rings. The van der Waals surface area contributed by atoms with E-state index >= 15 is 0 Å². The van der Waals surface area contributed by atoms with Crippen LogP contribution in [0.25, 0.3) is 5.00 Å². The molecule has 5 nitrogen and oxygen atoms in total. The van der Waals surface area contributed by atoms with Crippen LogP contribution >= 0.6 is 27.3 Å². The van der Waals surface area contributed by atoms with Crippen LogP contribution in [0.15, 0.2) is 39.9 Å². The van der Waals surface area contributed by atoms with Crippen molar-refractivity contribution in [1.29, 1.82) is 5.26 Å². The number of aromatic nitrogens is 1. The van der Waals surface area contributed by atoms with Gasteiger partial charge in [0.1, 0.15) is 11.1 Å². The van der Waals surface area contributed by atoms with Crippen LogP contribution in [-0.4, -0.2) is 16.7 Å². The number of nitrogens with one attached hydrogen (secondary N) is 1. The minimum absolute atomic E-state index is 0.273. The number of aryl methyl sites for hydroxylation is 2. The van der Waals surface area contributed by atoms with Gasteiger partial charge in [0.05, 0.1) is 17.3 Å². The number of benzene rings is 1. The Bertz CT molecular complexity index is 1200. The van der Waals surface area contributed by atoms with Gasteiger partial charge in [-0.15, -0.1) is 11.3 Å². The van der Waals surface area contributed by atoms with Crippen LogP contribution in [0, 0.1) is 25.2 Å². The minimum atomic E-state index is -0.273. The summed E-state index contributed by atoms with van der Waals surface area (Å²) in [4.78, 5) is 13.7. The molecule has 3 aromatic rings. The van der Waals surface area contributed by atoms with Crippen LogP contribution in [0.3, 0.4) is 0 Å². The molecule has 1 aliphatic carbocycles. The van der Waals surface area contributed by atoms with E-state index in [0.29, 0.717) is 5.56 Å². The van der Waals surface area contributed by atoms with Crippen molar-refractivity contribution in [1.82, 2.24) is 9.99 Å². The molecule has 0 bridgehead atoms. The number of hydrogen-bond acceptors (Lipinski definition) is 4. The molecule has 2 aromatic heterocycles. The number of amides is 1. The van der Waals surface area contributed by atoms with Gasteiger partial charge in [-0.25, -0.2) is 5.43 Å². The lowest BCUT2D eigenvalue weighted by molar-refractivity contribution is 0.0954. The minimum Gasteiger partial charge on any atom is -0.308 e. The molecule has 0 unspecified atom stereocenters. The first-order valence-corrected chi connectivity index (χ1v) is 11.4. The number of hydrazone groups is 1. The Morgan fingerprint density at radius 2 is 2.07 bits per heavy atom. The number of rotatable bonds is 4. The zero-order valence-electron chi connectivity index (χ0n) is 16.8. The molecule has 152 valence electrons. The first-order chi connectivity index (χ1) is 14.5. The number of hydrogen-bond donors (Lipinski definition) is 1. The second-order valence-corrected chi connectivity index (χ2v) is 9.28. The second-order valence-electron chi connectivity index (χ2n) is 7.34. The van der Waals surface area contributed by atoms with Crippen molar-refractivity contribution >= 4 is 39.4 Å². The van der Waals surface area contributed by atoms with Gasteiger partial charge in [0.2, 0.25) is 0 Å². The highest BCUT2D eigenvalue weighted by Gasteiger charge is 2.23. The van der Waals surface area contributed by atoms with E-state index in [4.69, 9.17) is 0 Å². The summed E-state index contributed by atoms with van der Waals surface area (Å²) in [6.07, 6.45) is 6.05. The van der Waals surface area contributed by atoms with Gasteiger partial charge >= 0.3 is 0 Å². The van der Waals surface area contributed by atoms with E-state index in [9.17, 15) is 10.1 Å². The summed E-state index contributed by atoms with van der Waals surface area (Å²) >= 11 is 5.11. The van der Waals surface area contributed by atoms with Crippen molar-refractivity contribution in [3.63, 3.8) is 0 Å². The molecule has 0 atom stereocenters. The van der Waals surface area contributed by atoms with E-state index < -0.39 is 0 Å². The number of halogens is 1. The first-order valence-electron chi connectivity index (χ1n) is 9.83. The van der Waals surface area contributed by atoms with Crippen LogP contribution in [0.2, 0.25) is 0 Å². The standard InChI is InChI=1S/C23H21BrN4OS/c1-14-11-16(13-26-27-22(29)18-8-3-5-9-20(18)24)15(2)28(14)23-19(12-25)17-7-4-6-10-21(17)30-23/h3,5,8-9,11,13H,4,6-7,10H2,1-2H3,(H,27,29). The first kappa shape index (κ1) is 20.6. The maximum absolute atomic E-state index is 12.3. The molecule has 30 heavy (non-hydrogen) atoms. The fraction of sp³-hybridized carbons (Fsp3) is 0.261. The van der Waals surface area contributed by atoms with Crippen molar-refractivity contribution in [3.05, 3.63) is 73.3 Å². The van der Waals surface area contributed by atoms with Crippen LogP contribution in [0.4, 0.5) is 0 Å². The summed E-state index contributed by atoms with van der Waals surface area (Å²) in [5.41, 5.74) is 8.11. The molecule has 1 amide bonds. The molecule has 1 aromatic carbocycles. The molecular formula is C23H21BrN4OS. The van der Waals surface area contributed by atoms with Crippen LogP contribution in [-0.2, 0) is 12.8 Å². The predicted molar refractivity (Wildman–Crippen MR) is 124 cm³/mol. The smallest absolute Gasteiger partial charge is 0.272 e. The Morgan fingerprint density at radius 3 is 2.83 bits per heavy atom. The third-order valence-electron chi connectivity index (χ3n) is 5.43. The lowest BCUT2D eigenvalue weighted by Crippen LogP contribution is -2.18. The lowest BCUT2D eigenvalue weighted by atomic mass is 9.96. The molecule has 4 rings (SSSR count). The van der Waals surface area contributed by atoms with Gasteiger partial charge in [0.25, 0.3) is 5.91 Å². The number of carbonyl (C=O) groups is 1. The second kappa shape index (κ2) is 8.58. The fourth-order valence-electron chi connectivity index (χ4n) is 3.92. The van der Waals surface area contributed by atoms with E-state index in [1.54, 1.807) is 23.6 Å². The Hall–Kier alpha value is -2.69. The van der Waals surface area contributed by atoms with E-state index in [-0.39, 0.29) is 5.91 Å². The maximum Gasteiger partial charge on any atom is 0.272 e. The topological polar surface area (TPSA) is 70.2 Å². The largest absolute Gasteiger partial charge is 0.308 e. The zero-order chi connectivity index (χ0) is 21.3. The number of fused-ring (bicyclic) bond motifs is 1. The van der Waals surface area contributed by atoms with E-state index in [0.717, 1.165) is 51.3 Å². The number of thiophene rings is 1. The van der Waals surface area contributed by atoms with E-state index in [2.05, 4.69) is 37.1 Å². The zero-order valence-corrected chi connectivity index (χ0v) is 19.2. The van der Waals surface area contributed by atoms with Crippen molar-refractivity contribution in [3.8, 4) is 11.1 Å². The van der Waals surface area contributed by atoms with Gasteiger partial charge in [-0.05, 0) is 79.2 Å². The van der Waals surface area contributed by atoms with Gasteiger partial charge in [0.15, 0.2) is 0 Å². The summed E-state index contributed by atoms with van der Waals surface area (Å²) < 4.78 is 2.86. The average Bonchev–Trinajstić information content (AvgIpc) is 3.24. The highest BCUT2D eigenvalue weighted by molar-refractivity contribution is 9.10. The SMILES string of the molecule is Cc1cc(C=NNC(=O)c2ccccc2Br)c(C)n1-c1sc2c(c1C#N)CCCC2. The predicted octanol–water partition coefficient (Wildman–Crippen LogP) is 5.43. The molecule has 0 aliphatic heterocycles. The summed E-state index contributed by atoms with van der Waals surface area (Å²) in [5.74, 6) is -0.273. The maximum atomic E-state index is 12.3.